The van der Waals surface area contributed by atoms with Crippen LogP contribution in [0.2, 0.25) is 0 Å². The Labute approximate surface area is 124 Å². The van der Waals surface area contributed by atoms with Gasteiger partial charge in [-0.1, -0.05) is 19.9 Å². The number of anilines is 1. The highest BCUT2D eigenvalue weighted by Crippen LogP contribution is 2.29. The van der Waals surface area contributed by atoms with Crippen LogP contribution >= 0.6 is 0 Å². The van der Waals surface area contributed by atoms with Gasteiger partial charge in [-0.25, -0.2) is 4.39 Å². The van der Waals surface area contributed by atoms with E-state index in [4.69, 9.17) is 0 Å². The number of hydrogen-bond acceptors (Lipinski definition) is 2. The van der Waals surface area contributed by atoms with Crippen LogP contribution in [0.15, 0.2) is 18.2 Å². The number of nitrogens with zero attached hydrogens (tertiary/aromatic N) is 1. The number of benzene rings is 1. The van der Waals surface area contributed by atoms with Gasteiger partial charge in [0.1, 0.15) is 11.4 Å². The van der Waals surface area contributed by atoms with Crippen LogP contribution in [0.5, 0.6) is 0 Å². The van der Waals surface area contributed by atoms with Crippen LogP contribution in [0.4, 0.5) is 10.1 Å². The maximum absolute atomic E-state index is 13.8. The zero-order valence-corrected chi connectivity index (χ0v) is 12.7. The van der Waals surface area contributed by atoms with E-state index in [9.17, 15) is 14.0 Å². The number of carbonyl (C=O) groups is 2. The minimum absolute atomic E-state index is 0.136. The highest BCUT2D eigenvalue weighted by Gasteiger charge is 2.42. The second-order valence-corrected chi connectivity index (χ2v) is 5.43. The number of nitrogens with one attached hydrogen (secondary N) is 1. The van der Waals surface area contributed by atoms with Gasteiger partial charge < -0.3 is 10.2 Å². The Morgan fingerprint density at radius 1 is 1.29 bits per heavy atom. The molecule has 0 aliphatic carbocycles. The Bertz CT molecular complexity index is 567. The van der Waals surface area contributed by atoms with E-state index in [1.54, 1.807) is 24.0 Å². The Kier molecular flexibility index (Phi) is 4.30. The Hall–Kier alpha value is -1.91. The Morgan fingerprint density at radius 3 is 2.57 bits per heavy atom. The van der Waals surface area contributed by atoms with E-state index in [1.807, 2.05) is 13.8 Å². The van der Waals surface area contributed by atoms with Crippen LogP contribution in [-0.2, 0) is 9.59 Å². The van der Waals surface area contributed by atoms with E-state index in [2.05, 4.69) is 5.32 Å². The molecule has 0 atom stereocenters. The summed E-state index contributed by atoms with van der Waals surface area (Å²) in [6.45, 7) is 5.68. The van der Waals surface area contributed by atoms with E-state index < -0.39 is 5.54 Å². The van der Waals surface area contributed by atoms with Crippen molar-refractivity contribution in [3.63, 3.8) is 0 Å². The van der Waals surface area contributed by atoms with Gasteiger partial charge >= 0.3 is 0 Å². The van der Waals surface area contributed by atoms with Gasteiger partial charge in [-0.15, -0.1) is 0 Å². The topological polar surface area (TPSA) is 49.4 Å². The third kappa shape index (κ3) is 2.64. The molecule has 0 aromatic heterocycles. The zero-order chi connectivity index (χ0) is 15.6. The summed E-state index contributed by atoms with van der Waals surface area (Å²) in [4.78, 5) is 26.4. The molecule has 4 nitrogen and oxygen atoms in total. The average Bonchev–Trinajstić information content (AvgIpc) is 2.60. The molecule has 0 spiro atoms. The molecule has 1 fully saturated rings. The summed E-state index contributed by atoms with van der Waals surface area (Å²) in [7, 11) is 0. The molecule has 1 aromatic carbocycles. The largest absolute Gasteiger partial charge is 0.342 e. The van der Waals surface area contributed by atoms with E-state index in [0.29, 0.717) is 24.1 Å². The SMILES string of the molecule is CCC1(CC)NC(=O)CCN(c2cccc(F)c2C)C1=O. The quantitative estimate of drug-likeness (QED) is 0.930. The predicted molar refractivity (Wildman–Crippen MR) is 79.6 cm³/mol. The van der Waals surface area contributed by atoms with Gasteiger partial charge in [-0.2, -0.15) is 0 Å². The van der Waals surface area contributed by atoms with Gasteiger partial charge in [-0.3, -0.25) is 9.59 Å². The molecule has 1 saturated heterocycles. The lowest BCUT2D eigenvalue weighted by atomic mass is 9.91. The average molecular weight is 292 g/mol. The molecule has 21 heavy (non-hydrogen) atoms. The van der Waals surface area contributed by atoms with Crippen molar-refractivity contribution >= 4 is 17.5 Å². The van der Waals surface area contributed by atoms with Crippen LogP contribution in [0.3, 0.4) is 0 Å². The second kappa shape index (κ2) is 5.84. The highest BCUT2D eigenvalue weighted by molar-refractivity contribution is 6.04. The fourth-order valence-electron chi connectivity index (χ4n) is 2.80. The summed E-state index contributed by atoms with van der Waals surface area (Å²) in [6.07, 6.45) is 1.25. The second-order valence-electron chi connectivity index (χ2n) is 5.43. The third-order valence-corrected chi connectivity index (χ3v) is 4.33. The lowest BCUT2D eigenvalue weighted by Gasteiger charge is -2.34. The van der Waals surface area contributed by atoms with Crippen molar-refractivity contribution in [3.8, 4) is 0 Å². The molecule has 0 bridgehead atoms. The molecule has 1 heterocycles. The Balaban J connectivity index is 2.50. The summed E-state index contributed by atoms with van der Waals surface area (Å²) >= 11 is 0. The van der Waals surface area contributed by atoms with Crippen molar-refractivity contribution in [1.29, 1.82) is 0 Å². The molecule has 0 saturated carbocycles. The first-order valence-corrected chi connectivity index (χ1v) is 7.33. The Morgan fingerprint density at radius 2 is 1.95 bits per heavy atom. The molecule has 0 radical (unpaired) electrons. The van der Waals surface area contributed by atoms with Gasteiger partial charge in [0.05, 0.1) is 0 Å². The number of carbonyl (C=O) groups excluding carboxylic acids is 2. The maximum atomic E-state index is 13.8. The third-order valence-electron chi connectivity index (χ3n) is 4.33. The van der Waals surface area contributed by atoms with Gasteiger partial charge in [-0.05, 0) is 31.9 Å². The summed E-state index contributed by atoms with van der Waals surface area (Å²) < 4.78 is 13.8. The van der Waals surface area contributed by atoms with Crippen LogP contribution in [0.1, 0.15) is 38.7 Å². The standard InChI is InChI=1S/C16H21FN2O2/c1-4-16(5-2)15(21)19(10-9-14(20)18-16)13-8-6-7-12(17)11(13)3/h6-8H,4-5,9-10H2,1-3H3,(H,18,20). The van der Waals surface area contributed by atoms with Crippen LogP contribution < -0.4 is 10.2 Å². The molecule has 5 heteroatoms. The lowest BCUT2D eigenvalue weighted by molar-refractivity contribution is -0.130. The van der Waals surface area contributed by atoms with Gasteiger partial charge in [0.25, 0.3) is 5.91 Å². The van der Waals surface area contributed by atoms with E-state index in [-0.39, 0.29) is 30.6 Å². The zero-order valence-electron chi connectivity index (χ0n) is 12.7. The van der Waals surface area contributed by atoms with Crippen molar-refractivity contribution in [3.05, 3.63) is 29.6 Å². The summed E-state index contributed by atoms with van der Waals surface area (Å²) in [5.74, 6) is -0.641. The normalized spacial score (nSPS) is 18.4. The van der Waals surface area contributed by atoms with Gasteiger partial charge in [0.15, 0.2) is 0 Å². The molecule has 1 aliphatic rings. The maximum Gasteiger partial charge on any atom is 0.252 e. The molecule has 2 amide bonds. The molecule has 0 unspecified atom stereocenters. The van der Waals surface area contributed by atoms with Crippen molar-refractivity contribution in [2.24, 2.45) is 0 Å². The highest BCUT2D eigenvalue weighted by atomic mass is 19.1. The molecule has 1 N–H and O–H groups in total. The summed E-state index contributed by atoms with van der Waals surface area (Å²) in [5.41, 5.74) is 0.0795. The van der Waals surface area contributed by atoms with E-state index in [1.165, 1.54) is 6.07 Å². The fourth-order valence-corrected chi connectivity index (χ4v) is 2.80. The molecule has 2 rings (SSSR count). The predicted octanol–water partition coefficient (Wildman–Crippen LogP) is 2.55. The molecular formula is C16H21FN2O2. The van der Waals surface area contributed by atoms with Crippen LogP contribution in [-0.4, -0.2) is 23.9 Å². The lowest BCUT2D eigenvalue weighted by Crippen LogP contribution is -2.56. The van der Waals surface area contributed by atoms with Crippen LogP contribution in [0, 0.1) is 12.7 Å². The van der Waals surface area contributed by atoms with Crippen molar-refractivity contribution in [2.45, 2.75) is 45.6 Å². The van der Waals surface area contributed by atoms with Gasteiger partial charge in [0, 0.05) is 24.2 Å². The number of halogens is 1. The van der Waals surface area contributed by atoms with E-state index >= 15 is 0 Å². The van der Waals surface area contributed by atoms with Gasteiger partial charge in [0.2, 0.25) is 5.91 Å². The number of amides is 2. The van der Waals surface area contributed by atoms with Crippen molar-refractivity contribution in [1.82, 2.24) is 5.32 Å². The molecular weight excluding hydrogens is 271 g/mol. The van der Waals surface area contributed by atoms with Crippen molar-refractivity contribution in [2.75, 3.05) is 11.4 Å². The first kappa shape index (κ1) is 15.5. The number of rotatable bonds is 3. The minimum Gasteiger partial charge on any atom is -0.342 e. The summed E-state index contributed by atoms with van der Waals surface area (Å²) in [5, 5.41) is 2.85. The monoisotopic (exact) mass is 292 g/mol. The summed E-state index contributed by atoms with van der Waals surface area (Å²) in [6, 6.07) is 4.68. The van der Waals surface area contributed by atoms with E-state index in [0.717, 1.165) is 0 Å². The van der Waals surface area contributed by atoms with Crippen LogP contribution in [0.25, 0.3) is 0 Å². The molecule has 114 valence electrons. The van der Waals surface area contributed by atoms with Crippen molar-refractivity contribution < 1.29 is 14.0 Å². The first-order valence-electron chi connectivity index (χ1n) is 7.33. The fraction of sp³-hybridized carbons (Fsp3) is 0.500. The smallest absolute Gasteiger partial charge is 0.252 e. The first-order chi connectivity index (χ1) is 9.95. The molecule has 1 aromatic rings. The number of hydrogen-bond donors (Lipinski definition) is 1. The molecule has 1 aliphatic heterocycles. The minimum atomic E-state index is -0.896.